The van der Waals surface area contributed by atoms with Gasteiger partial charge >= 0.3 is 0 Å². The molecule has 1 amide bonds. The number of amides is 1. The van der Waals surface area contributed by atoms with Gasteiger partial charge in [-0.2, -0.15) is 4.98 Å². The van der Waals surface area contributed by atoms with Crippen molar-refractivity contribution in [2.45, 2.75) is 25.9 Å². The van der Waals surface area contributed by atoms with E-state index in [1.54, 1.807) is 21.3 Å². The van der Waals surface area contributed by atoms with E-state index >= 15 is 0 Å². The number of hydrogen-bond donors (Lipinski definition) is 0. The summed E-state index contributed by atoms with van der Waals surface area (Å²) < 4.78 is 15.9. The molecule has 1 fully saturated rings. The van der Waals surface area contributed by atoms with E-state index in [1.165, 1.54) is 16.9 Å². The summed E-state index contributed by atoms with van der Waals surface area (Å²) >= 11 is 1.40. The Morgan fingerprint density at radius 1 is 1.17 bits per heavy atom. The van der Waals surface area contributed by atoms with Crippen LogP contribution < -0.4 is 9.47 Å². The highest BCUT2D eigenvalue weighted by Gasteiger charge is 2.31. The Balaban J connectivity index is 1.59. The number of nitrogens with zero attached hydrogens (tertiary/aromatic N) is 3. The fourth-order valence-corrected chi connectivity index (χ4v) is 5.08. The fraction of sp³-hybridized carbons (Fsp3) is 0.409. The zero-order valence-electron chi connectivity index (χ0n) is 17.6. The first-order chi connectivity index (χ1) is 14.5. The van der Waals surface area contributed by atoms with Crippen LogP contribution in [0.2, 0.25) is 0 Å². The third kappa shape index (κ3) is 3.73. The molecule has 3 heterocycles. The predicted octanol–water partition coefficient (Wildman–Crippen LogP) is 3.79. The van der Waals surface area contributed by atoms with Crippen molar-refractivity contribution in [3.8, 4) is 11.6 Å². The molecule has 1 unspecified atom stereocenters. The van der Waals surface area contributed by atoms with E-state index in [1.807, 2.05) is 24.0 Å². The van der Waals surface area contributed by atoms with Crippen molar-refractivity contribution in [3.05, 3.63) is 46.1 Å². The van der Waals surface area contributed by atoms with Crippen molar-refractivity contribution in [1.29, 1.82) is 0 Å². The number of methoxy groups -OCH3 is 3. The Hall–Kier alpha value is -2.71. The predicted molar refractivity (Wildman–Crippen MR) is 116 cm³/mol. The molecule has 7 nitrogen and oxygen atoms in total. The number of ether oxygens (including phenoxy) is 3. The third-order valence-electron chi connectivity index (χ3n) is 5.53. The Kier molecular flexibility index (Phi) is 5.87. The summed E-state index contributed by atoms with van der Waals surface area (Å²) in [6, 6.07) is 8.11. The summed E-state index contributed by atoms with van der Waals surface area (Å²) in [5.41, 5.74) is 2.10. The number of aromatic nitrogens is 2. The largest absolute Gasteiger partial charge is 0.497 e. The molecule has 1 saturated heterocycles. The second-order valence-corrected chi connectivity index (χ2v) is 8.33. The summed E-state index contributed by atoms with van der Waals surface area (Å²) in [6.07, 6.45) is 0.948. The lowest BCUT2D eigenvalue weighted by Crippen LogP contribution is -2.28. The molecule has 8 heteroatoms. The lowest BCUT2D eigenvalue weighted by atomic mass is 9.98. The quantitative estimate of drug-likeness (QED) is 0.596. The number of aryl methyl sites for hydroxylation is 1. The molecule has 0 aliphatic carbocycles. The first kappa shape index (κ1) is 20.6. The van der Waals surface area contributed by atoms with Crippen LogP contribution in [0.3, 0.4) is 0 Å². The maximum atomic E-state index is 13.3. The van der Waals surface area contributed by atoms with Gasteiger partial charge in [0.1, 0.15) is 17.2 Å². The molecule has 1 atom stereocenters. The van der Waals surface area contributed by atoms with Crippen LogP contribution in [0.1, 0.15) is 39.0 Å². The van der Waals surface area contributed by atoms with Gasteiger partial charge in [-0.05, 0) is 36.6 Å². The summed E-state index contributed by atoms with van der Waals surface area (Å²) in [6.45, 7) is 3.67. The number of hydrogen-bond acceptors (Lipinski definition) is 7. The smallest absolute Gasteiger partial charge is 0.264 e. The lowest BCUT2D eigenvalue weighted by molar-refractivity contribution is 0.0795. The van der Waals surface area contributed by atoms with Crippen LogP contribution in [0.25, 0.3) is 10.2 Å². The monoisotopic (exact) mass is 427 g/mol. The number of benzene rings is 1. The van der Waals surface area contributed by atoms with Crippen molar-refractivity contribution in [1.82, 2.24) is 14.9 Å². The van der Waals surface area contributed by atoms with Gasteiger partial charge in [-0.25, -0.2) is 4.98 Å². The second kappa shape index (κ2) is 8.57. The standard InChI is InChI=1S/C22H25N3O4S/c1-13-18-20(29-4)23-17(12-27-2)24-21(18)30-19(13)22(26)25-10-9-15(11-25)14-5-7-16(28-3)8-6-14/h5-8,15H,9-12H2,1-4H3. The van der Waals surface area contributed by atoms with Gasteiger partial charge in [0, 0.05) is 26.1 Å². The average molecular weight is 428 g/mol. The van der Waals surface area contributed by atoms with E-state index < -0.39 is 0 Å². The maximum Gasteiger partial charge on any atom is 0.264 e. The van der Waals surface area contributed by atoms with Crippen molar-refractivity contribution in [2.24, 2.45) is 0 Å². The molecule has 1 aliphatic rings. The van der Waals surface area contributed by atoms with Gasteiger partial charge in [-0.1, -0.05) is 12.1 Å². The van der Waals surface area contributed by atoms with E-state index in [9.17, 15) is 4.79 Å². The molecular weight excluding hydrogens is 402 g/mol. The minimum Gasteiger partial charge on any atom is -0.497 e. The molecule has 2 aromatic heterocycles. The summed E-state index contributed by atoms with van der Waals surface area (Å²) in [7, 11) is 4.84. The highest BCUT2D eigenvalue weighted by atomic mass is 32.1. The van der Waals surface area contributed by atoms with Crippen molar-refractivity contribution in [3.63, 3.8) is 0 Å². The first-order valence-electron chi connectivity index (χ1n) is 9.81. The van der Waals surface area contributed by atoms with Gasteiger partial charge in [-0.3, -0.25) is 4.79 Å². The topological polar surface area (TPSA) is 73.8 Å². The number of rotatable bonds is 6. The Morgan fingerprint density at radius 2 is 1.93 bits per heavy atom. The van der Waals surface area contributed by atoms with Crippen molar-refractivity contribution >= 4 is 27.5 Å². The van der Waals surface area contributed by atoms with Crippen LogP contribution in [0.4, 0.5) is 0 Å². The highest BCUT2D eigenvalue weighted by molar-refractivity contribution is 7.20. The highest BCUT2D eigenvalue weighted by Crippen LogP contribution is 2.37. The molecule has 1 aromatic carbocycles. The van der Waals surface area contributed by atoms with Crippen LogP contribution in [-0.4, -0.2) is 55.2 Å². The van der Waals surface area contributed by atoms with Gasteiger partial charge in [0.2, 0.25) is 5.88 Å². The number of likely N-dealkylation sites (tertiary alicyclic amines) is 1. The normalized spacial score (nSPS) is 16.3. The summed E-state index contributed by atoms with van der Waals surface area (Å²) in [4.78, 5) is 25.7. The molecule has 1 aliphatic heterocycles. The fourth-order valence-electron chi connectivity index (χ4n) is 3.93. The zero-order chi connectivity index (χ0) is 21.3. The SMILES string of the molecule is COCc1nc(OC)c2c(C)c(C(=O)N3CCC(c4ccc(OC)cc4)C3)sc2n1. The minimum atomic E-state index is 0.0434. The van der Waals surface area contributed by atoms with E-state index in [-0.39, 0.29) is 5.91 Å². The molecule has 0 N–H and O–H groups in total. The molecule has 4 rings (SSSR count). The van der Waals surface area contributed by atoms with Gasteiger partial charge in [0.25, 0.3) is 5.91 Å². The number of thiophene rings is 1. The van der Waals surface area contributed by atoms with Gasteiger partial charge in [0.05, 0.1) is 24.5 Å². The van der Waals surface area contributed by atoms with Crippen LogP contribution in [0.5, 0.6) is 11.6 Å². The summed E-state index contributed by atoms with van der Waals surface area (Å²) in [5, 5.41) is 0.802. The third-order valence-corrected chi connectivity index (χ3v) is 6.70. The Bertz CT molecular complexity index is 1060. The molecule has 30 heavy (non-hydrogen) atoms. The average Bonchev–Trinajstić information content (AvgIpc) is 3.38. The number of fused-ring (bicyclic) bond motifs is 1. The Morgan fingerprint density at radius 3 is 2.60 bits per heavy atom. The molecular formula is C22H25N3O4S. The van der Waals surface area contributed by atoms with E-state index in [0.717, 1.165) is 34.5 Å². The van der Waals surface area contributed by atoms with Crippen LogP contribution in [-0.2, 0) is 11.3 Å². The first-order valence-corrected chi connectivity index (χ1v) is 10.6. The molecule has 0 saturated carbocycles. The van der Waals surface area contributed by atoms with E-state index in [2.05, 4.69) is 22.1 Å². The van der Waals surface area contributed by atoms with Gasteiger partial charge < -0.3 is 19.1 Å². The van der Waals surface area contributed by atoms with E-state index in [0.29, 0.717) is 35.7 Å². The number of carbonyl (C=O) groups is 1. The van der Waals surface area contributed by atoms with Crippen molar-refractivity contribution < 1.29 is 19.0 Å². The van der Waals surface area contributed by atoms with Crippen LogP contribution in [0.15, 0.2) is 24.3 Å². The van der Waals surface area contributed by atoms with Crippen molar-refractivity contribution in [2.75, 3.05) is 34.4 Å². The van der Waals surface area contributed by atoms with Gasteiger partial charge in [-0.15, -0.1) is 11.3 Å². The molecule has 0 bridgehead atoms. The van der Waals surface area contributed by atoms with Crippen LogP contribution >= 0.6 is 11.3 Å². The van der Waals surface area contributed by atoms with E-state index in [4.69, 9.17) is 14.2 Å². The summed E-state index contributed by atoms with van der Waals surface area (Å²) in [5.74, 6) is 2.24. The molecule has 0 spiro atoms. The van der Waals surface area contributed by atoms with Gasteiger partial charge in [0.15, 0.2) is 5.82 Å². The van der Waals surface area contributed by atoms with Crippen LogP contribution in [0, 0.1) is 6.92 Å². The zero-order valence-corrected chi connectivity index (χ0v) is 18.4. The molecule has 0 radical (unpaired) electrons. The Labute approximate surface area is 179 Å². The second-order valence-electron chi connectivity index (χ2n) is 7.33. The molecule has 158 valence electrons. The number of carbonyl (C=O) groups excluding carboxylic acids is 1. The maximum absolute atomic E-state index is 13.3. The molecule has 3 aromatic rings. The minimum absolute atomic E-state index is 0.0434. The lowest BCUT2D eigenvalue weighted by Gasteiger charge is -2.16.